The molecule has 1 N–H and O–H groups in total. The molecule has 1 fully saturated rings. The number of rotatable bonds is 11. The summed E-state index contributed by atoms with van der Waals surface area (Å²) in [7, 11) is 1.63. The molecule has 1 unspecified atom stereocenters. The standard InChI is InChI=1S/C21H30O6/c1-16(27-21-8-3-4-13-25-21)14-19(6-5-7-20(22)23)26-15-17-9-11-18(24-2)12-10-17/h5,7,9-12,16,19,21H,3-4,6,8,13-15H2,1-2H3,(H,22,23)/b7-5+/t16-,19+,21?/m1/s1. The summed E-state index contributed by atoms with van der Waals surface area (Å²) in [5.74, 6) is -0.155. The van der Waals surface area contributed by atoms with Gasteiger partial charge in [0.1, 0.15) is 5.75 Å². The van der Waals surface area contributed by atoms with Crippen molar-refractivity contribution >= 4 is 5.97 Å². The number of methoxy groups -OCH3 is 1. The van der Waals surface area contributed by atoms with E-state index in [1.165, 1.54) is 0 Å². The van der Waals surface area contributed by atoms with Crippen molar-refractivity contribution in [3.63, 3.8) is 0 Å². The van der Waals surface area contributed by atoms with Crippen LogP contribution >= 0.6 is 0 Å². The molecule has 1 aliphatic heterocycles. The van der Waals surface area contributed by atoms with E-state index in [1.807, 2.05) is 31.2 Å². The average molecular weight is 378 g/mol. The second-order valence-electron chi connectivity index (χ2n) is 6.74. The number of carboxylic acids is 1. The number of ether oxygens (including phenoxy) is 4. The van der Waals surface area contributed by atoms with Gasteiger partial charge in [0, 0.05) is 12.7 Å². The first kappa shape index (κ1) is 21.4. The van der Waals surface area contributed by atoms with Crippen LogP contribution in [0.4, 0.5) is 0 Å². The summed E-state index contributed by atoms with van der Waals surface area (Å²) >= 11 is 0. The summed E-state index contributed by atoms with van der Waals surface area (Å²) in [5, 5.41) is 8.80. The zero-order valence-corrected chi connectivity index (χ0v) is 16.1. The largest absolute Gasteiger partial charge is 0.497 e. The second-order valence-corrected chi connectivity index (χ2v) is 6.74. The minimum atomic E-state index is -0.955. The lowest BCUT2D eigenvalue weighted by Gasteiger charge is -2.28. The van der Waals surface area contributed by atoms with Crippen molar-refractivity contribution in [1.29, 1.82) is 0 Å². The van der Waals surface area contributed by atoms with Gasteiger partial charge in [-0.25, -0.2) is 4.79 Å². The van der Waals surface area contributed by atoms with E-state index in [-0.39, 0.29) is 18.5 Å². The topological polar surface area (TPSA) is 74.2 Å². The van der Waals surface area contributed by atoms with Crippen LogP contribution in [0.25, 0.3) is 0 Å². The smallest absolute Gasteiger partial charge is 0.327 e. The molecule has 1 aromatic rings. The third-order valence-corrected chi connectivity index (χ3v) is 4.42. The third-order valence-electron chi connectivity index (χ3n) is 4.42. The number of carboxylic acid groups (broad SMARTS) is 1. The molecule has 1 heterocycles. The Hall–Kier alpha value is -1.89. The van der Waals surface area contributed by atoms with Crippen molar-refractivity contribution in [1.82, 2.24) is 0 Å². The normalized spacial score (nSPS) is 19.7. The summed E-state index contributed by atoms with van der Waals surface area (Å²) in [6, 6.07) is 7.70. The van der Waals surface area contributed by atoms with Crippen LogP contribution in [-0.2, 0) is 25.6 Å². The lowest BCUT2D eigenvalue weighted by atomic mass is 10.1. The van der Waals surface area contributed by atoms with Gasteiger partial charge in [-0.15, -0.1) is 0 Å². The van der Waals surface area contributed by atoms with E-state index in [0.29, 0.717) is 19.4 Å². The van der Waals surface area contributed by atoms with Gasteiger partial charge in [0.05, 0.1) is 25.9 Å². The Kier molecular flexibility index (Phi) is 9.31. The van der Waals surface area contributed by atoms with Gasteiger partial charge in [0.15, 0.2) is 6.29 Å². The zero-order valence-electron chi connectivity index (χ0n) is 16.1. The van der Waals surface area contributed by atoms with Gasteiger partial charge in [-0.3, -0.25) is 0 Å². The van der Waals surface area contributed by atoms with E-state index in [2.05, 4.69) is 0 Å². The van der Waals surface area contributed by atoms with Gasteiger partial charge in [-0.2, -0.15) is 0 Å². The summed E-state index contributed by atoms with van der Waals surface area (Å²) in [5.41, 5.74) is 1.03. The second kappa shape index (κ2) is 11.7. The molecule has 0 bridgehead atoms. The van der Waals surface area contributed by atoms with Crippen LogP contribution in [0.3, 0.4) is 0 Å². The Morgan fingerprint density at radius 1 is 1.33 bits per heavy atom. The predicted molar refractivity (Wildman–Crippen MR) is 102 cm³/mol. The molecule has 1 saturated heterocycles. The van der Waals surface area contributed by atoms with E-state index >= 15 is 0 Å². The maximum Gasteiger partial charge on any atom is 0.327 e. The van der Waals surface area contributed by atoms with Crippen LogP contribution in [0, 0.1) is 0 Å². The summed E-state index contributed by atoms with van der Waals surface area (Å²) in [6.07, 6.45) is 6.77. The molecule has 0 radical (unpaired) electrons. The molecular weight excluding hydrogens is 348 g/mol. The molecule has 150 valence electrons. The first-order chi connectivity index (χ1) is 13.1. The van der Waals surface area contributed by atoms with Crippen LogP contribution in [0.15, 0.2) is 36.4 Å². The van der Waals surface area contributed by atoms with Gasteiger partial charge < -0.3 is 24.1 Å². The van der Waals surface area contributed by atoms with Crippen LogP contribution < -0.4 is 4.74 Å². The summed E-state index contributed by atoms with van der Waals surface area (Å²) < 4.78 is 22.8. The number of benzene rings is 1. The number of hydrogen-bond acceptors (Lipinski definition) is 5. The van der Waals surface area contributed by atoms with Gasteiger partial charge in [0.2, 0.25) is 0 Å². The molecule has 1 aliphatic rings. The van der Waals surface area contributed by atoms with Crippen molar-refractivity contribution in [3.05, 3.63) is 42.0 Å². The minimum Gasteiger partial charge on any atom is -0.497 e. The first-order valence-corrected chi connectivity index (χ1v) is 9.48. The molecule has 0 amide bonds. The highest BCUT2D eigenvalue weighted by molar-refractivity contribution is 5.79. The van der Waals surface area contributed by atoms with Gasteiger partial charge >= 0.3 is 5.97 Å². The van der Waals surface area contributed by atoms with Crippen molar-refractivity contribution in [3.8, 4) is 5.75 Å². The van der Waals surface area contributed by atoms with Crippen LogP contribution in [0.5, 0.6) is 5.75 Å². The van der Waals surface area contributed by atoms with Gasteiger partial charge in [0.25, 0.3) is 0 Å². The SMILES string of the molecule is COc1ccc(CO[C@@H](C/C=C/C(=O)O)C[C@@H](C)OC2CCCCO2)cc1. The van der Waals surface area contributed by atoms with E-state index in [9.17, 15) is 4.79 Å². The molecule has 6 heteroatoms. The predicted octanol–water partition coefficient (Wildman–Crippen LogP) is 3.93. The average Bonchev–Trinajstić information content (AvgIpc) is 2.67. The van der Waals surface area contributed by atoms with Gasteiger partial charge in [-0.05, 0) is 56.7 Å². The minimum absolute atomic E-state index is 0.0350. The maximum atomic E-state index is 10.7. The fourth-order valence-electron chi connectivity index (χ4n) is 2.99. The first-order valence-electron chi connectivity index (χ1n) is 9.48. The van der Waals surface area contributed by atoms with Gasteiger partial charge in [-0.1, -0.05) is 18.2 Å². The molecule has 0 saturated carbocycles. The number of carbonyl (C=O) groups is 1. The lowest BCUT2D eigenvalue weighted by Crippen LogP contribution is -2.29. The monoisotopic (exact) mass is 378 g/mol. The Morgan fingerprint density at radius 2 is 2.11 bits per heavy atom. The Bertz CT molecular complexity index is 577. The van der Waals surface area contributed by atoms with Crippen molar-refractivity contribution in [2.75, 3.05) is 13.7 Å². The van der Waals surface area contributed by atoms with E-state index in [4.69, 9.17) is 24.1 Å². The van der Waals surface area contributed by atoms with Crippen molar-refractivity contribution in [2.45, 2.75) is 64.1 Å². The highest BCUT2D eigenvalue weighted by Crippen LogP contribution is 2.20. The molecule has 6 nitrogen and oxygen atoms in total. The lowest BCUT2D eigenvalue weighted by molar-refractivity contribution is -0.190. The molecule has 1 aromatic carbocycles. The fourth-order valence-corrected chi connectivity index (χ4v) is 2.99. The van der Waals surface area contributed by atoms with Crippen molar-refractivity contribution < 1.29 is 28.8 Å². The molecule has 0 aromatic heterocycles. The molecule has 0 spiro atoms. The van der Waals surface area contributed by atoms with E-state index < -0.39 is 5.97 Å². The van der Waals surface area contributed by atoms with Crippen molar-refractivity contribution in [2.24, 2.45) is 0 Å². The van der Waals surface area contributed by atoms with E-state index in [1.54, 1.807) is 13.2 Å². The number of aliphatic carboxylic acids is 1. The third kappa shape index (κ3) is 8.56. The Balaban J connectivity index is 1.87. The summed E-state index contributed by atoms with van der Waals surface area (Å²) in [4.78, 5) is 10.7. The highest BCUT2D eigenvalue weighted by atomic mass is 16.7. The number of hydrogen-bond donors (Lipinski definition) is 1. The summed E-state index contributed by atoms with van der Waals surface area (Å²) in [6.45, 7) is 3.20. The fraction of sp³-hybridized carbons (Fsp3) is 0.571. The van der Waals surface area contributed by atoms with Crippen LogP contribution in [-0.4, -0.2) is 43.3 Å². The zero-order chi connectivity index (χ0) is 19.5. The molecule has 0 aliphatic carbocycles. The molecular formula is C21H30O6. The molecule has 3 atom stereocenters. The highest BCUT2D eigenvalue weighted by Gasteiger charge is 2.20. The Morgan fingerprint density at radius 3 is 2.74 bits per heavy atom. The van der Waals surface area contributed by atoms with E-state index in [0.717, 1.165) is 43.3 Å². The Labute approximate surface area is 161 Å². The van der Waals surface area contributed by atoms with Crippen LogP contribution in [0.2, 0.25) is 0 Å². The molecule has 2 rings (SSSR count). The molecule has 27 heavy (non-hydrogen) atoms. The quantitative estimate of drug-likeness (QED) is 0.588. The van der Waals surface area contributed by atoms with Crippen LogP contribution in [0.1, 0.15) is 44.6 Å². The maximum absolute atomic E-state index is 10.7.